The van der Waals surface area contributed by atoms with Crippen LogP contribution in [-0.4, -0.2) is 23.3 Å². The normalized spacial score (nSPS) is 10.2. The summed E-state index contributed by atoms with van der Waals surface area (Å²) in [6.07, 6.45) is 0.707. The third-order valence-electron chi connectivity index (χ3n) is 2.47. The fourth-order valence-electron chi connectivity index (χ4n) is 1.57. The molecule has 1 aromatic heterocycles. The molecule has 1 heterocycles. The Kier molecular flexibility index (Phi) is 4.05. The molecule has 0 atom stereocenters. The third kappa shape index (κ3) is 2.93. The number of likely N-dealkylation sites (N-methyl/N-ethyl adjacent to an activating group) is 1. The van der Waals surface area contributed by atoms with Gasteiger partial charge in [-0.1, -0.05) is 13.0 Å². The Morgan fingerprint density at radius 2 is 2.28 bits per heavy atom. The lowest BCUT2D eigenvalue weighted by molar-refractivity contribution is 0.496. The van der Waals surface area contributed by atoms with Crippen molar-refractivity contribution in [3.05, 3.63) is 35.7 Å². The molecule has 5 heteroatoms. The summed E-state index contributed by atoms with van der Waals surface area (Å²) in [5.74, 6) is 1.06. The Balaban J connectivity index is 2.11. The van der Waals surface area contributed by atoms with Gasteiger partial charge in [-0.05, 0) is 24.7 Å². The number of aromatic nitrogens is 2. The lowest BCUT2D eigenvalue weighted by Crippen LogP contribution is -2.16. The molecule has 0 fully saturated rings. The van der Waals surface area contributed by atoms with Gasteiger partial charge in [0.15, 0.2) is 0 Å². The minimum absolute atomic E-state index is 0.457. The van der Waals surface area contributed by atoms with Crippen LogP contribution in [0.25, 0.3) is 11.5 Å². The van der Waals surface area contributed by atoms with Gasteiger partial charge in [-0.15, -0.1) is 10.2 Å². The van der Waals surface area contributed by atoms with Crippen LogP contribution in [0.5, 0.6) is 0 Å². The number of hydrogen-bond acceptors (Lipinski definition) is 5. The highest BCUT2D eigenvalue weighted by molar-refractivity contribution is 5.55. The van der Waals surface area contributed by atoms with Crippen molar-refractivity contribution in [2.75, 3.05) is 13.1 Å². The molecule has 0 amide bonds. The lowest BCUT2D eigenvalue weighted by Gasteiger charge is -1.96. The van der Waals surface area contributed by atoms with E-state index in [1.54, 1.807) is 18.2 Å². The maximum atomic E-state index is 8.83. The highest BCUT2D eigenvalue weighted by Gasteiger charge is 2.08. The molecule has 0 bridgehead atoms. The first-order valence-corrected chi connectivity index (χ1v) is 5.87. The molecule has 1 aromatic carbocycles. The second-order valence-electron chi connectivity index (χ2n) is 3.80. The Morgan fingerprint density at radius 3 is 3.06 bits per heavy atom. The molecule has 0 unspecified atom stereocenters. The van der Waals surface area contributed by atoms with Crippen molar-refractivity contribution in [1.29, 1.82) is 5.26 Å². The fourth-order valence-corrected chi connectivity index (χ4v) is 1.57. The zero-order valence-corrected chi connectivity index (χ0v) is 10.2. The molecule has 18 heavy (non-hydrogen) atoms. The Morgan fingerprint density at radius 1 is 1.39 bits per heavy atom. The van der Waals surface area contributed by atoms with Crippen molar-refractivity contribution >= 4 is 0 Å². The van der Waals surface area contributed by atoms with Crippen LogP contribution in [0.3, 0.4) is 0 Å². The maximum absolute atomic E-state index is 8.83. The van der Waals surface area contributed by atoms with E-state index in [0.29, 0.717) is 23.8 Å². The van der Waals surface area contributed by atoms with Crippen LogP contribution in [0.4, 0.5) is 0 Å². The van der Waals surface area contributed by atoms with Gasteiger partial charge in [-0.2, -0.15) is 5.26 Å². The highest BCUT2D eigenvalue weighted by Crippen LogP contribution is 2.18. The number of nitrogens with one attached hydrogen (secondary N) is 1. The van der Waals surface area contributed by atoms with Gasteiger partial charge in [0.1, 0.15) is 0 Å². The summed E-state index contributed by atoms with van der Waals surface area (Å²) in [5, 5.41) is 20.0. The minimum Gasteiger partial charge on any atom is -0.421 e. The van der Waals surface area contributed by atoms with Crippen molar-refractivity contribution in [1.82, 2.24) is 15.5 Å². The molecule has 5 nitrogen and oxygen atoms in total. The van der Waals surface area contributed by atoms with Gasteiger partial charge in [0.05, 0.1) is 11.6 Å². The average Bonchev–Trinajstić information content (AvgIpc) is 2.88. The number of benzene rings is 1. The topological polar surface area (TPSA) is 74.7 Å². The summed E-state index contributed by atoms with van der Waals surface area (Å²) < 4.78 is 5.54. The summed E-state index contributed by atoms with van der Waals surface area (Å²) in [5.41, 5.74) is 1.36. The number of nitrogens with zero attached hydrogens (tertiary/aromatic N) is 3. The van der Waals surface area contributed by atoms with E-state index < -0.39 is 0 Å². The second-order valence-corrected chi connectivity index (χ2v) is 3.80. The zero-order chi connectivity index (χ0) is 12.8. The summed E-state index contributed by atoms with van der Waals surface area (Å²) in [4.78, 5) is 0. The van der Waals surface area contributed by atoms with Gasteiger partial charge >= 0.3 is 0 Å². The molecule has 2 aromatic rings. The third-order valence-corrected chi connectivity index (χ3v) is 2.47. The Bertz CT molecular complexity index is 556. The lowest BCUT2D eigenvalue weighted by atomic mass is 10.1. The van der Waals surface area contributed by atoms with Gasteiger partial charge in [-0.3, -0.25) is 0 Å². The SMILES string of the molecule is CCNCCc1nnc(-c2cccc(C#N)c2)o1. The molecular formula is C13H14N4O. The van der Waals surface area contributed by atoms with E-state index in [9.17, 15) is 0 Å². The van der Waals surface area contributed by atoms with Gasteiger partial charge in [0.25, 0.3) is 0 Å². The predicted octanol–water partition coefficient (Wildman–Crippen LogP) is 1.76. The second kappa shape index (κ2) is 5.94. The number of nitriles is 1. The standard InChI is InChI=1S/C13H14N4O/c1-2-15-7-6-12-16-17-13(18-12)11-5-3-4-10(8-11)9-14/h3-5,8,15H,2,6-7H2,1H3. The molecule has 0 saturated heterocycles. The molecule has 0 spiro atoms. The Labute approximate surface area is 105 Å². The predicted molar refractivity (Wildman–Crippen MR) is 66.7 cm³/mol. The molecular weight excluding hydrogens is 228 g/mol. The van der Waals surface area contributed by atoms with E-state index in [1.807, 2.05) is 13.0 Å². The number of hydrogen-bond donors (Lipinski definition) is 1. The monoisotopic (exact) mass is 242 g/mol. The summed E-state index contributed by atoms with van der Waals surface area (Å²) in [6, 6.07) is 9.22. The summed E-state index contributed by atoms with van der Waals surface area (Å²) in [6.45, 7) is 3.79. The van der Waals surface area contributed by atoms with E-state index in [2.05, 4.69) is 21.6 Å². The van der Waals surface area contributed by atoms with E-state index in [1.165, 1.54) is 0 Å². The molecule has 2 rings (SSSR count). The van der Waals surface area contributed by atoms with Crippen LogP contribution in [0.1, 0.15) is 18.4 Å². The molecule has 0 radical (unpaired) electrons. The maximum Gasteiger partial charge on any atom is 0.247 e. The van der Waals surface area contributed by atoms with E-state index in [4.69, 9.17) is 9.68 Å². The quantitative estimate of drug-likeness (QED) is 0.808. The molecule has 0 aliphatic heterocycles. The van der Waals surface area contributed by atoms with Gasteiger partial charge in [-0.25, -0.2) is 0 Å². The summed E-state index contributed by atoms with van der Waals surface area (Å²) in [7, 11) is 0. The average molecular weight is 242 g/mol. The van der Waals surface area contributed by atoms with Gasteiger partial charge in [0.2, 0.25) is 11.8 Å². The first-order chi connectivity index (χ1) is 8.83. The van der Waals surface area contributed by atoms with Crippen molar-refractivity contribution in [2.24, 2.45) is 0 Å². The molecule has 1 N–H and O–H groups in total. The van der Waals surface area contributed by atoms with Gasteiger partial charge in [0, 0.05) is 18.5 Å². The van der Waals surface area contributed by atoms with Crippen molar-refractivity contribution in [3.8, 4) is 17.5 Å². The van der Waals surface area contributed by atoms with Crippen LogP contribution >= 0.6 is 0 Å². The van der Waals surface area contributed by atoms with Gasteiger partial charge < -0.3 is 9.73 Å². The van der Waals surface area contributed by atoms with Crippen molar-refractivity contribution in [3.63, 3.8) is 0 Å². The van der Waals surface area contributed by atoms with Crippen molar-refractivity contribution < 1.29 is 4.42 Å². The number of rotatable bonds is 5. The van der Waals surface area contributed by atoms with E-state index in [0.717, 1.165) is 18.7 Å². The van der Waals surface area contributed by atoms with Crippen LogP contribution < -0.4 is 5.32 Å². The first-order valence-electron chi connectivity index (χ1n) is 5.87. The largest absolute Gasteiger partial charge is 0.421 e. The smallest absolute Gasteiger partial charge is 0.247 e. The molecule has 92 valence electrons. The molecule has 0 aliphatic rings. The van der Waals surface area contributed by atoms with E-state index >= 15 is 0 Å². The molecule has 0 aliphatic carbocycles. The van der Waals surface area contributed by atoms with Crippen molar-refractivity contribution in [2.45, 2.75) is 13.3 Å². The van der Waals surface area contributed by atoms with Crippen LogP contribution in [0.15, 0.2) is 28.7 Å². The fraction of sp³-hybridized carbons (Fsp3) is 0.308. The minimum atomic E-state index is 0.457. The van der Waals surface area contributed by atoms with E-state index in [-0.39, 0.29) is 0 Å². The van der Waals surface area contributed by atoms with Crippen LogP contribution in [-0.2, 0) is 6.42 Å². The first kappa shape index (κ1) is 12.3. The Hall–Kier alpha value is -2.19. The zero-order valence-electron chi connectivity index (χ0n) is 10.2. The van der Waals surface area contributed by atoms with Crippen LogP contribution in [0.2, 0.25) is 0 Å². The van der Waals surface area contributed by atoms with Crippen LogP contribution in [0, 0.1) is 11.3 Å². The molecule has 0 saturated carbocycles. The summed E-state index contributed by atoms with van der Waals surface area (Å²) >= 11 is 0. The highest BCUT2D eigenvalue weighted by atomic mass is 16.4.